The summed E-state index contributed by atoms with van der Waals surface area (Å²) in [6.45, 7) is 6.26. The van der Waals surface area contributed by atoms with Gasteiger partial charge in [0.1, 0.15) is 5.75 Å². The van der Waals surface area contributed by atoms with Gasteiger partial charge in [-0.05, 0) is 31.9 Å². The lowest BCUT2D eigenvalue weighted by atomic mass is 9.78. The van der Waals surface area contributed by atoms with Crippen LogP contribution in [0.1, 0.15) is 18.1 Å². The van der Waals surface area contributed by atoms with Crippen LogP contribution in [-0.4, -0.2) is 23.8 Å². The van der Waals surface area contributed by atoms with Gasteiger partial charge >= 0.3 is 7.12 Å². The molecule has 14 heavy (non-hydrogen) atoms. The highest BCUT2D eigenvalue weighted by Crippen LogP contribution is 2.18. The fraction of sp³-hybridized carbons (Fsp3) is 0.400. The molecule has 0 saturated heterocycles. The van der Waals surface area contributed by atoms with Gasteiger partial charge in [-0.2, -0.15) is 0 Å². The maximum atomic E-state index is 9.12. The summed E-state index contributed by atoms with van der Waals surface area (Å²) in [5.74, 6) is 0.586. The van der Waals surface area contributed by atoms with Crippen molar-refractivity contribution < 1.29 is 14.8 Å². The van der Waals surface area contributed by atoms with Gasteiger partial charge in [0.25, 0.3) is 0 Å². The molecule has 3 nitrogen and oxygen atoms in total. The van der Waals surface area contributed by atoms with E-state index in [9.17, 15) is 0 Å². The van der Waals surface area contributed by atoms with Crippen LogP contribution >= 0.6 is 0 Å². The zero-order valence-corrected chi connectivity index (χ0v) is 8.74. The topological polar surface area (TPSA) is 49.7 Å². The van der Waals surface area contributed by atoms with Crippen molar-refractivity contribution in [2.75, 3.05) is 6.61 Å². The quantitative estimate of drug-likeness (QED) is 0.684. The van der Waals surface area contributed by atoms with Gasteiger partial charge in [-0.3, -0.25) is 0 Å². The Morgan fingerprint density at radius 2 is 1.93 bits per heavy atom. The fourth-order valence-corrected chi connectivity index (χ4v) is 1.35. The molecule has 1 aromatic carbocycles. The van der Waals surface area contributed by atoms with Gasteiger partial charge in [-0.1, -0.05) is 12.1 Å². The Labute approximate surface area is 84.5 Å². The van der Waals surface area contributed by atoms with Crippen LogP contribution in [0.25, 0.3) is 0 Å². The SMILES string of the molecule is CCOc1c(B(O)O)ccc(C)c1C. The summed E-state index contributed by atoms with van der Waals surface area (Å²) in [4.78, 5) is 0. The number of hydrogen-bond acceptors (Lipinski definition) is 3. The monoisotopic (exact) mass is 194 g/mol. The van der Waals surface area contributed by atoms with Crippen molar-refractivity contribution in [2.45, 2.75) is 20.8 Å². The van der Waals surface area contributed by atoms with Crippen molar-refractivity contribution in [3.8, 4) is 5.75 Å². The molecular formula is C10H15BO3. The zero-order valence-electron chi connectivity index (χ0n) is 8.74. The molecule has 76 valence electrons. The standard InChI is InChI=1S/C10H15BO3/c1-4-14-10-8(3)7(2)5-6-9(10)11(12)13/h5-6,12-13H,4H2,1-3H3. The smallest absolute Gasteiger partial charge is 0.492 e. The molecule has 2 N–H and O–H groups in total. The first-order valence-corrected chi connectivity index (χ1v) is 4.67. The summed E-state index contributed by atoms with van der Waals surface area (Å²) in [5.41, 5.74) is 2.46. The molecule has 0 heterocycles. The minimum atomic E-state index is -1.48. The third-order valence-corrected chi connectivity index (χ3v) is 2.27. The Morgan fingerprint density at radius 1 is 1.29 bits per heavy atom. The molecule has 1 rings (SSSR count). The van der Waals surface area contributed by atoms with Gasteiger partial charge in [0.2, 0.25) is 0 Å². The van der Waals surface area contributed by atoms with Crippen LogP contribution in [0.15, 0.2) is 12.1 Å². The average Bonchev–Trinajstić information content (AvgIpc) is 2.13. The Hall–Kier alpha value is -0.995. The van der Waals surface area contributed by atoms with Crippen LogP contribution in [0.4, 0.5) is 0 Å². The van der Waals surface area contributed by atoms with Crippen LogP contribution in [0.3, 0.4) is 0 Å². The fourth-order valence-electron chi connectivity index (χ4n) is 1.35. The minimum absolute atomic E-state index is 0.426. The molecule has 0 aromatic heterocycles. The van der Waals surface area contributed by atoms with Gasteiger partial charge in [0.15, 0.2) is 0 Å². The lowest BCUT2D eigenvalue weighted by molar-refractivity contribution is 0.337. The van der Waals surface area contributed by atoms with Gasteiger partial charge in [0.05, 0.1) is 6.61 Å². The number of aryl methyl sites for hydroxylation is 1. The first-order valence-electron chi connectivity index (χ1n) is 4.67. The number of ether oxygens (including phenoxy) is 1. The van der Waals surface area contributed by atoms with Gasteiger partial charge in [0, 0.05) is 5.46 Å². The van der Waals surface area contributed by atoms with Crippen molar-refractivity contribution >= 4 is 12.6 Å². The molecule has 0 aliphatic carbocycles. The van der Waals surface area contributed by atoms with E-state index in [1.807, 2.05) is 26.8 Å². The van der Waals surface area contributed by atoms with E-state index in [1.165, 1.54) is 0 Å². The Morgan fingerprint density at radius 3 is 2.43 bits per heavy atom. The summed E-state index contributed by atoms with van der Waals surface area (Å²) in [7, 11) is -1.48. The number of rotatable bonds is 3. The average molecular weight is 194 g/mol. The van der Waals surface area contributed by atoms with E-state index in [0.717, 1.165) is 11.1 Å². The van der Waals surface area contributed by atoms with Gasteiger partial charge < -0.3 is 14.8 Å². The van der Waals surface area contributed by atoms with Crippen LogP contribution < -0.4 is 10.2 Å². The molecule has 4 heteroatoms. The van der Waals surface area contributed by atoms with E-state index >= 15 is 0 Å². The molecular weight excluding hydrogens is 179 g/mol. The van der Waals surface area contributed by atoms with Crippen LogP contribution in [0, 0.1) is 13.8 Å². The van der Waals surface area contributed by atoms with Gasteiger partial charge in [-0.15, -0.1) is 0 Å². The molecule has 0 aliphatic heterocycles. The zero-order chi connectivity index (χ0) is 10.7. The first-order chi connectivity index (χ1) is 6.57. The van der Waals surface area contributed by atoms with E-state index in [4.69, 9.17) is 14.8 Å². The largest absolute Gasteiger partial charge is 0.494 e. The second kappa shape index (κ2) is 4.48. The summed E-state index contributed by atoms with van der Waals surface area (Å²) in [6, 6.07) is 3.53. The minimum Gasteiger partial charge on any atom is -0.494 e. The summed E-state index contributed by atoms with van der Waals surface area (Å²) in [5, 5.41) is 18.2. The first kappa shape index (κ1) is 11.1. The van der Waals surface area contributed by atoms with E-state index in [-0.39, 0.29) is 0 Å². The Kier molecular flexibility index (Phi) is 3.55. The normalized spacial score (nSPS) is 10.1. The second-order valence-electron chi connectivity index (χ2n) is 3.23. The number of benzene rings is 1. The van der Waals surface area contributed by atoms with E-state index in [0.29, 0.717) is 17.8 Å². The Balaban J connectivity index is 3.22. The van der Waals surface area contributed by atoms with Crippen molar-refractivity contribution in [1.82, 2.24) is 0 Å². The van der Waals surface area contributed by atoms with Crippen LogP contribution in [-0.2, 0) is 0 Å². The van der Waals surface area contributed by atoms with Crippen molar-refractivity contribution in [3.05, 3.63) is 23.3 Å². The highest BCUT2D eigenvalue weighted by atomic mass is 16.5. The second-order valence-corrected chi connectivity index (χ2v) is 3.23. The molecule has 0 spiro atoms. The van der Waals surface area contributed by atoms with Gasteiger partial charge in [-0.25, -0.2) is 0 Å². The lowest BCUT2D eigenvalue weighted by Crippen LogP contribution is -2.32. The maximum Gasteiger partial charge on any atom is 0.492 e. The van der Waals surface area contributed by atoms with Crippen molar-refractivity contribution in [1.29, 1.82) is 0 Å². The predicted octanol–water partition coefficient (Wildman–Crippen LogP) is 0.382. The molecule has 0 amide bonds. The van der Waals surface area contributed by atoms with Crippen molar-refractivity contribution in [3.63, 3.8) is 0 Å². The third-order valence-electron chi connectivity index (χ3n) is 2.27. The molecule has 0 saturated carbocycles. The maximum absolute atomic E-state index is 9.12. The summed E-state index contributed by atoms with van der Waals surface area (Å²) < 4.78 is 5.39. The summed E-state index contributed by atoms with van der Waals surface area (Å²) in [6.07, 6.45) is 0. The molecule has 0 fully saturated rings. The molecule has 0 aliphatic rings. The van der Waals surface area contributed by atoms with Crippen LogP contribution in [0.2, 0.25) is 0 Å². The molecule has 0 atom stereocenters. The van der Waals surface area contributed by atoms with Crippen LogP contribution in [0.5, 0.6) is 5.75 Å². The highest BCUT2D eigenvalue weighted by molar-refractivity contribution is 6.59. The lowest BCUT2D eigenvalue weighted by Gasteiger charge is -2.14. The van der Waals surface area contributed by atoms with E-state index in [2.05, 4.69) is 0 Å². The predicted molar refractivity (Wildman–Crippen MR) is 56.9 cm³/mol. The molecule has 0 unspecified atom stereocenters. The Bertz CT molecular complexity index is 323. The molecule has 0 bridgehead atoms. The van der Waals surface area contributed by atoms with E-state index < -0.39 is 7.12 Å². The molecule has 0 radical (unpaired) electrons. The highest BCUT2D eigenvalue weighted by Gasteiger charge is 2.19. The van der Waals surface area contributed by atoms with Crippen molar-refractivity contribution in [2.24, 2.45) is 0 Å². The molecule has 1 aromatic rings. The number of hydrogen-bond donors (Lipinski definition) is 2. The third kappa shape index (κ3) is 2.08. The summed E-state index contributed by atoms with van der Waals surface area (Å²) >= 11 is 0. The van der Waals surface area contributed by atoms with E-state index in [1.54, 1.807) is 6.07 Å².